The van der Waals surface area contributed by atoms with Crippen LogP contribution in [0.4, 0.5) is 0 Å². The lowest BCUT2D eigenvalue weighted by atomic mass is 9.60. The molecule has 284 valence electrons. The van der Waals surface area contributed by atoms with Crippen LogP contribution in [0.5, 0.6) is 0 Å². The van der Waals surface area contributed by atoms with Crippen molar-refractivity contribution in [3.05, 3.63) is 258 Å². The standard InChI is InChI=1S/C59H38N2/c1-4-19-39(20-5-1)44-27-14-16-31-50(44)55-56(51-32-17-15-28-45(51)40-21-6-2-7-22-40)60-58(41-23-8-3-9-24-41)61-57(55)52-35-34-49-47-30-13-11-26-43(47)38-54(49)59(52)36-18-33-48-46-29-12-10-25-42(46)37-53(48)59/h1-38H. The fourth-order valence-corrected chi connectivity index (χ4v) is 10.0. The van der Waals surface area contributed by atoms with Crippen LogP contribution >= 0.6 is 0 Å². The molecule has 0 bridgehead atoms. The van der Waals surface area contributed by atoms with Crippen LogP contribution in [0.2, 0.25) is 0 Å². The van der Waals surface area contributed by atoms with Crippen LogP contribution in [0.25, 0.3) is 84.9 Å². The smallest absolute Gasteiger partial charge is 0.160 e. The molecular weight excluding hydrogens is 737 g/mol. The summed E-state index contributed by atoms with van der Waals surface area (Å²) < 4.78 is 0. The van der Waals surface area contributed by atoms with E-state index >= 15 is 0 Å². The van der Waals surface area contributed by atoms with E-state index in [1.807, 2.05) is 0 Å². The third-order valence-corrected chi connectivity index (χ3v) is 12.7. The van der Waals surface area contributed by atoms with Gasteiger partial charge in [0, 0.05) is 16.7 Å². The molecule has 1 aromatic heterocycles. The maximum Gasteiger partial charge on any atom is 0.160 e. The van der Waals surface area contributed by atoms with Gasteiger partial charge >= 0.3 is 0 Å². The van der Waals surface area contributed by atoms with Crippen LogP contribution in [-0.4, -0.2) is 9.97 Å². The van der Waals surface area contributed by atoms with E-state index in [-0.39, 0.29) is 0 Å². The lowest BCUT2D eigenvalue weighted by molar-refractivity contribution is 0.773. The van der Waals surface area contributed by atoms with Crippen LogP contribution in [0.3, 0.4) is 0 Å². The Morgan fingerprint density at radius 1 is 0.328 bits per heavy atom. The second kappa shape index (κ2) is 14.1. The van der Waals surface area contributed by atoms with Gasteiger partial charge in [-0.25, -0.2) is 9.97 Å². The maximum atomic E-state index is 5.83. The minimum absolute atomic E-state index is 0.679. The average Bonchev–Trinajstić information content (AvgIpc) is 3.92. The van der Waals surface area contributed by atoms with Crippen molar-refractivity contribution in [2.75, 3.05) is 0 Å². The predicted octanol–water partition coefficient (Wildman–Crippen LogP) is 14.7. The average molecular weight is 775 g/mol. The Morgan fingerprint density at radius 3 is 1.36 bits per heavy atom. The Labute approximate surface area is 356 Å². The summed E-state index contributed by atoms with van der Waals surface area (Å²) in [6.07, 6.45) is 16.6. The van der Waals surface area contributed by atoms with Crippen molar-refractivity contribution in [2.45, 2.75) is 0 Å². The van der Waals surface area contributed by atoms with Crippen molar-refractivity contribution < 1.29 is 0 Å². The zero-order chi connectivity index (χ0) is 40.3. The van der Waals surface area contributed by atoms with Crippen LogP contribution < -0.4 is 0 Å². The first-order chi connectivity index (χ1) is 30.3. The molecule has 4 aliphatic carbocycles. The molecule has 2 heteroatoms. The van der Waals surface area contributed by atoms with Crippen molar-refractivity contribution in [2.24, 2.45) is 5.41 Å². The van der Waals surface area contributed by atoms with Gasteiger partial charge in [0.05, 0.1) is 16.8 Å². The van der Waals surface area contributed by atoms with Crippen LogP contribution in [0.15, 0.2) is 230 Å². The third kappa shape index (κ3) is 5.50. The van der Waals surface area contributed by atoms with Crippen molar-refractivity contribution in [1.29, 1.82) is 0 Å². The van der Waals surface area contributed by atoms with Crippen molar-refractivity contribution in [3.8, 4) is 56.0 Å². The zero-order valence-corrected chi connectivity index (χ0v) is 33.3. The minimum atomic E-state index is -0.679. The highest BCUT2D eigenvalue weighted by Crippen LogP contribution is 2.64. The minimum Gasteiger partial charge on any atom is -0.228 e. The SMILES string of the molecule is C1=CC2(C3=Cc4ccccc4C3=C1)C1=Cc3ccccc3C1=CC=C2c1nc(-c2ccccc2)nc(-c2ccccc2-c2ccccc2)c1-c1ccccc1-c1ccccc1. The first-order valence-corrected chi connectivity index (χ1v) is 21.0. The number of benzene rings is 7. The van der Waals surface area contributed by atoms with Gasteiger partial charge in [0.25, 0.3) is 0 Å². The van der Waals surface area contributed by atoms with Crippen molar-refractivity contribution in [3.63, 3.8) is 0 Å². The van der Waals surface area contributed by atoms with Gasteiger partial charge in [-0.1, -0.05) is 218 Å². The first-order valence-electron chi connectivity index (χ1n) is 21.0. The third-order valence-electron chi connectivity index (χ3n) is 12.7. The van der Waals surface area contributed by atoms with Crippen LogP contribution in [-0.2, 0) is 0 Å². The molecule has 0 fully saturated rings. The number of aromatic nitrogens is 2. The Kier molecular flexibility index (Phi) is 8.11. The van der Waals surface area contributed by atoms with E-state index in [2.05, 4.69) is 231 Å². The lowest BCUT2D eigenvalue weighted by Gasteiger charge is -2.42. The molecule has 1 heterocycles. The van der Waals surface area contributed by atoms with Gasteiger partial charge in [-0.2, -0.15) is 0 Å². The molecule has 1 atom stereocenters. The number of fused-ring (bicyclic) bond motifs is 8. The summed E-state index contributed by atoms with van der Waals surface area (Å²) in [5, 5.41) is 0. The maximum absolute atomic E-state index is 5.83. The highest BCUT2D eigenvalue weighted by Gasteiger charge is 2.50. The van der Waals surface area contributed by atoms with Crippen molar-refractivity contribution >= 4 is 28.9 Å². The topological polar surface area (TPSA) is 25.8 Å². The fourth-order valence-electron chi connectivity index (χ4n) is 10.0. The van der Waals surface area contributed by atoms with Gasteiger partial charge in [-0.05, 0) is 90.1 Å². The van der Waals surface area contributed by atoms with Gasteiger partial charge < -0.3 is 0 Å². The summed E-state index contributed by atoms with van der Waals surface area (Å²) in [5.74, 6) is 0.683. The van der Waals surface area contributed by atoms with Gasteiger partial charge in [0.2, 0.25) is 0 Å². The van der Waals surface area contributed by atoms with Crippen LogP contribution in [0.1, 0.15) is 27.9 Å². The quantitative estimate of drug-likeness (QED) is 0.168. The molecule has 7 aromatic carbocycles. The van der Waals surface area contributed by atoms with E-state index in [4.69, 9.17) is 9.97 Å². The van der Waals surface area contributed by atoms with E-state index < -0.39 is 5.41 Å². The Balaban J connectivity index is 1.24. The van der Waals surface area contributed by atoms with E-state index in [1.54, 1.807) is 0 Å². The summed E-state index contributed by atoms with van der Waals surface area (Å²) in [4.78, 5) is 11.5. The Morgan fingerprint density at radius 2 is 0.770 bits per heavy atom. The lowest BCUT2D eigenvalue weighted by Crippen LogP contribution is -2.29. The summed E-state index contributed by atoms with van der Waals surface area (Å²) in [7, 11) is 0. The highest BCUT2D eigenvalue weighted by molar-refractivity contribution is 6.12. The van der Waals surface area contributed by atoms with Gasteiger partial charge in [0.1, 0.15) is 0 Å². The van der Waals surface area contributed by atoms with Gasteiger partial charge in [0.15, 0.2) is 5.82 Å². The van der Waals surface area contributed by atoms with E-state index in [1.165, 1.54) is 44.5 Å². The highest BCUT2D eigenvalue weighted by atomic mass is 14.9. The summed E-state index contributed by atoms with van der Waals surface area (Å²) in [6, 6.07) is 67.0. The summed E-state index contributed by atoms with van der Waals surface area (Å²) in [6.45, 7) is 0. The van der Waals surface area contributed by atoms with Gasteiger partial charge in [-0.15, -0.1) is 0 Å². The molecule has 12 rings (SSSR count). The molecule has 0 saturated heterocycles. The van der Waals surface area contributed by atoms with Crippen molar-refractivity contribution in [1.82, 2.24) is 9.97 Å². The summed E-state index contributed by atoms with van der Waals surface area (Å²) in [5.41, 5.74) is 20.9. The molecular formula is C59H38N2. The molecule has 1 unspecified atom stereocenters. The molecule has 0 amide bonds. The largest absolute Gasteiger partial charge is 0.228 e. The van der Waals surface area contributed by atoms with E-state index in [0.717, 1.165) is 61.5 Å². The number of rotatable bonds is 6. The van der Waals surface area contributed by atoms with E-state index in [0.29, 0.717) is 5.82 Å². The molecule has 0 aliphatic heterocycles. The second-order valence-corrected chi connectivity index (χ2v) is 16.0. The first kappa shape index (κ1) is 35.0. The molecule has 0 saturated carbocycles. The van der Waals surface area contributed by atoms with Gasteiger partial charge in [-0.3, -0.25) is 0 Å². The number of hydrogen-bond acceptors (Lipinski definition) is 2. The molecule has 1 spiro atoms. The molecule has 4 aliphatic rings. The normalized spacial score (nSPS) is 16.7. The molecule has 61 heavy (non-hydrogen) atoms. The molecule has 0 N–H and O–H groups in total. The summed E-state index contributed by atoms with van der Waals surface area (Å²) >= 11 is 0. The molecule has 8 aromatic rings. The monoisotopic (exact) mass is 774 g/mol. The molecule has 2 nitrogen and oxygen atoms in total. The van der Waals surface area contributed by atoms with E-state index in [9.17, 15) is 0 Å². The Hall–Kier alpha value is -7.94. The number of hydrogen-bond donors (Lipinski definition) is 0. The fraction of sp³-hybridized carbons (Fsp3) is 0.0169. The second-order valence-electron chi connectivity index (χ2n) is 16.0. The number of nitrogens with zero attached hydrogens (tertiary/aromatic N) is 2. The van der Waals surface area contributed by atoms with Crippen LogP contribution in [0, 0.1) is 5.41 Å². The number of allylic oxidation sites excluding steroid dienone is 10. The zero-order valence-electron chi connectivity index (χ0n) is 33.3. The molecule has 0 radical (unpaired) electrons. The Bertz CT molecular complexity index is 3250. The predicted molar refractivity (Wildman–Crippen MR) is 254 cm³/mol.